The summed E-state index contributed by atoms with van der Waals surface area (Å²) in [4.78, 5) is 2.29. The highest BCUT2D eigenvalue weighted by Crippen LogP contribution is 2.10. The number of likely N-dealkylation sites (N-methyl/N-ethyl adjacent to an activating group) is 2. The lowest BCUT2D eigenvalue weighted by molar-refractivity contribution is 0.293. The summed E-state index contributed by atoms with van der Waals surface area (Å²) in [6, 6.07) is 2.56. The second-order valence-electron chi connectivity index (χ2n) is 3.89. The minimum Gasteiger partial charge on any atom is -0.469 e. The van der Waals surface area contributed by atoms with Gasteiger partial charge in [-0.2, -0.15) is 0 Å². The first-order valence-corrected chi connectivity index (χ1v) is 5.02. The summed E-state index contributed by atoms with van der Waals surface area (Å²) in [5.74, 6) is 1.02. The first-order chi connectivity index (χ1) is 6.63. The second kappa shape index (κ2) is 5.17. The lowest BCUT2D eigenvalue weighted by Crippen LogP contribution is -2.34. The molecule has 0 bridgehead atoms. The van der Waals surface area contributed by atoms with Crippen molar-refractivity contribution in [1.29, 1.82) is 0 Å². The van der Waals surface area contributed by atoms with Gasteiger partial charge in [-0.05, 0) is 34.0 Å². The summed E-state index contributed by atoms with van der Waals surface area (Å²) in [6.45, 7) is 6.18. The standard InChI is InChI=1S/C11H20N2O/c1-9(12-3)7-13(4)8-11-5-6-14-10(11)2/h5-6,9,12H,7-8H2,1-4H3. The van der Waals surface area contributed by atoms with Gasteiger partial charge in [0.15, 0.2) is 0 Å². The van der Waals surface area contributed by atoms with Crippen molar-refractivity contribution >= 4 is 0 Å². The van der Waals surface area contributed by atoms with Gasteiger partial charge < -0.3 is 14.6 Å². The van der Waals surface area contributed by atoms with Crippen molar-refractivity contribution in [2.75, 3.05) is 20.6 Å². The first kappa shape index (κ1) is 11.3. The molecule has 0 radical (unpaired) electrons. The number of nitrogens with one attached hydrogen (secondary N) is 1. The second-order valence-corrected chi connectivity index (χ2v) is 3.89. The van der Waals surface area contributed by atoms with E-state index in [1.165, 1.54) is 5.56 Å². The van der Waals surface area contributed by atoms with Crippen LogP contribution >= 0.6 is 0 Å². The van der Waals surface area contributed by atoms with Gasteiger partial charge in [0.2, 0.25) is 0 Å². The Morgan fingerprint density at radius 2 is 2.29 bits per heavy atom. The molecule has 1 N–H and O–H groups in total. The maximum absolute atomic E-state index is 5.25. The molecule has 0 aliphatic rings. The van der Waals surface area contributed by atoms with Crippen LogP contribution in [0.2, 0.25) is 0 Å². The molecule has 1 unspecified atom stereocenters. The van der Waals surface area contributed by atoms with Crippen LogP contribution < -0.4 is 5.32 Å². The molecule has 0 saturated heterocycles. The van der Waals surface area contributed by atoms with Crippen LogP contribution in [-0.4, -0.2) is 31.6 Å². The molecule has 0 spiro atoms. The van der Waals surface area contributed by atoms with Gasteiger partial charge in [-0.15, -0.1) is 0 Å². The Morgan fingerprint density at radius 3 is 2.79 bits per heavy atom. The Hall–Kier alpha value is -0.800. The third-order valence-electron chi connectivity index (χ3n) is 2.48. The fraction of sp³-hybridized carbons (Fsp3) is 0.636. The van der Waals surface area contributed by atoms with Crippen LogP contribution in [0.4, 0.5) is 0 Å². The Balaban J connectivity index is 2.41. The van der Waals surface area contributed by atoms with Gasteiger partial charge in [-0.3, -0.25) is 0 Å². The predicted molar refractivity (Wildman–Crippen MR) is 58.3 cm³/mol. The molecule has 3 nitrogen and oxygen atoms in total. The Kier molecular flexibility index (Phi) is 4.17. The van der Waals surface area contributed by atoms with Crippen LogP contribution in [0.15, 0.2) is 16.7 Å². The Bertz CT molecular complexity index is 270. The fourth-order valence-corrected chi connectivity index (χ4v) is 1.49. The lowest BCUT2D eigenvalue weighted by atomic mass is 10.2. The van der Waals surface area contributed by atoms with Gasteiger partial charge in [-0.25, -0.2) is 0 Å². The summed E-state index contributed by atoms with van der Waals surface area (Å²) in [6.07, 6.45) is 1.75. The van der Waals surface area contributed by atoms with E-state index in [0.29, 0.717) is 6.04 Å². The molecule has 0 aromatic carbocycles. The number of aryl methyl sites for hydroxylation is 1. The highest BCUT2D eigenvalue weighted by atomic mass is 16.3. The van der Waals surface area contributed by atoms with Gasteiger partial charge in [0.25, 0.3) is 0 Å². The minimum absolute atomic E-state index is 0.521. The van der Waals surface area contributed by atoms with Crippen LogP contribution in [0.3, 0.4) is 0 Å². The maximum atomic E-state index is 5.25. The van der Waals surface area contributed by atoms with Crippen LogP contribution in [0.25, 0.3) is 0 Å². The van der Waals surface area contributed by atoms with Crippen LogP contribution in [0.5, 0.6) is 0 Å². The van der Waals surface area contributed by atoms with E-state index < -0.39 is 0 Å². The fourth-order valence-electron chi connectivity index (χ4n) is 1.49. The zero-order valence-corrected chi connectivity index (χ0v) is 9.50. The molecule has 14 heavy (non-hydrogen) atoms. The van der Waals surface area contributed by atoms with Gasteiger partial charge in [0, 0.05) is 24.7 Å². The summed E-state index contributed by atoms with van der Waals surface area (Å²) in [5, 5.41) is 3.22. The monoisotopic (exact) mass is 196 g/mol. The molecule has 0 aliphatic carbocycles. The molecular weight excluding hydrogens is 176 g/mol. The van der Waals surface area contributed by atoms with Crippen molar-refractivity contribution in [3.8, 4) is 0 Å². The van der Waals surface area contributed by atoms with Gasteiger partial charge >= 0.3 is 0 Å². The predicted octanol–water partition coefficient (Wildman–Crippen LogP) is 1.63. The SMILES string of the molecule is CNC(C)CN(C)Cc1ccoc1C. The van der Waals surface area contributed by atoms with Crippen LogP contribution in [0, 0.1) is 6.92 Å². The number of hydrogen-bond donors (Lipinski definition) is 1. The topological polar surface area (TPSA) is 28.4 Å². The zero-order chi connectivity index (χ0) is 10.6. The van der Waals surface area contributed by atoms with Crippen molar-refractivity contribution < 1.29 is 4.42 Å². The van der Waals surface area contributed by atoms with Crippen molar-refractivity contribution in [2.45, 2.75) is 26.4 Å². The van der Waals surface area contributed by atoms with E-state index in [9.17, 15) is 0 Å². The molecule has 80 valence electrons. The molecule has 0 saturated carbocycles. The van der Waals surface area contributed by atoms with E-state index in [1.54, 1.807) is 6.26 Å². The summed E-state index contributed by atoms with van der Waals surface area (Å²) < 4.78 is 5.25. The molecule has 0 fully saturated rings. The van der Waals surface area contributed by atoms with Crippen molar-refractivity contribution in [1.82, 2.24) is 10.2 Å². The highest BCUT2D eigenvalue weighted by Gasteiger charge is 2.07. The number of rotatable bonds is 5. The molecule has 0 aliphatic heterocycles. The normalized spacial score (nSPS) is 13.5. The molecule has 1 atom stereocenters. The molecular formula is C11H20N2O. The molecule has 1 heterocycles. The van der Waals surface area contributed by atoms with Crippen molar-refractivity contribution in [2.24, 2.45) is 0 Å². The quantitative estimate of drug-likeness (QED) is 0.776. The van der Waals surface area contributed by atoms with E-state index >= 15 is 0 Å². The summed E-state index contributed by atoms with van der Waals surface area (Å²) in [7, 11) is 4.11. The minimum atomic E-state index is 0.521. The van der Waals surface area contributed by atoms with Crippen molar-refractivity contribution in [3.63, 3.8) is 0 Å². The summed E-state index contributed by atoms with van der Waals surface area (Å²) >= 11 is 0. The molecule has 1 rings (SSSR count). The summed E-state index contributed by atoms with van der Waals surface area (Å²) in [5.41, 5.74) is 1.27. The van der Waals surface area contributed by atoms with Crippen molar-refractivity contribution in [3.05, 3.63) is 23.7 Å². The van der Waals surface area contributed by atoms with E-state index in [-0.39, 0.29) is 0 Å². The van der Waals surface area contributed by atoms with E-state index in [2.05, 4.69) is 24.2 Å². The third-order valence-corrected chi connectivity index (χ3v) is 2.48. The Labute approximate surface area is 86.1 Å². The Morgan fingerprint density at radius 1 is 1.57 bits per heavy atom. The largest absolute Gasteiger partial charge is 0.469 e. The molecule has 3 heteroatoms. The van der Waals surface area contributed by atoms with E-state index in [4.69, 9.17) is 4.42 Å². The number of hydrogen-bond acceptors (Lipinski definition) is 3. The van der Waals surface area contributed by atoms with Crippen LogP contribution in [-0.2, 0) is 6.54 Å². The number of furan rings is 1. The smallest absolute Gasteiger partial charge is 0.105 e. The molecule has 0 amide bonds. The van der Waals surface area contributed by atoms with E-state index in [0.717, 1.165) is 18.8 Å². The number of nitrogens with zero attached hydrogens (tertiary/aromatic N) is 1. The third kappa shape index (κ3) is 3.16. The average molecular weight is 196 g/mol. The van der Waals surface area contributed by atoms with Gasteiger partial charge in [-0.1, -0.05) is 0 Å². The van der Waals surface area contributed by atoms with Crippen LogP contribution in [0.1, 0.15) is 18.2 Å². The lowest BCUT2D eigenvalue weighted by Gasteiger charge is -2.20. The maximum Gasteiger partial charge on any atom is 0.105 e. The first-order valence-electron chi connectivity index (χ1n) is 5.02. The zero-order valence-electron chi connectivity index (χ0n) is 9.50. The van der Waals surface area contributed by atoms with Gasteiger partial charge in [0.05, 0.1) is 6.26 Å². The molecule has 1 aromatic heterocycles. The average Bonchev–Trinajstić information content (AvgIpc) is 2.51. The molecule has 1 aromatic rings. The van der Waals surface area contributed by atoms with Gasteiger partial charge in [0.1, 0.15) is 5.76 Å². The highest BCUT2D eigenvalue weighted by molar-refractivity contribution is 5.14. The van der Waals surface area contributed by atoms with E-state index in [1.807, 2.05) is 20.0 Å².